The van der Waals surface area contributed by atoms with Gasteiger partial charge in [0.15, 0.2) is 16.6 Å². The van der Waals surface area contributed by atoms with Crippen LogP contribution in [0.1, 0.15) is 18.1 Å². The van der Waals surface area contributed by atoms with E-state index in [4.69, 9.17) is 26.4 Å². The van der Waals surface area contributed by atoms with Crippen LogP contribution in [0.15, 0.2) is 42.0 Å². The Bertz CT molecular complexity index is 1030. The van der Waals surface area contributed by atoms with E-state index in [0.717, 1.165) is 12.0 Å². The number of amides is 2. The van der Waals surface area contributed by atoms with Crippen LogP contribution in [0.2, 0.25) is 0 Å². The van der Waals surface area contributed by atoms with Crippen LogP contribution in [0.5, 0.6) is 17.2 Å². The molecule has 0 atom stereocenters. The van der Waals surface area contributed by atoms with Gasteiger partial charge in [0.2, 0.25) is 5.75 Å². The highest BCUT2D eigenvalue weighted by Gasteiger charge is 2.34. The quantitative estimate of drug-likeness (QED) is 0.435. The molecule has 1 N–H and O–H groups in total. The van der Waals surface area contributed by atoms with E-state index in [-0.39, 0.29) is 10.7 Å². The van der Waals surface area contributed by atoms with Gasteiger partial charge < -0.3 is 14.2 Å². The van der Waals surface area contributed by atoms with Gasteiger partial charge in [-0.05, 0) is 54.5 Å². The van der Waals surface area contributed by atoms with Gasteiger partial charge >= 0.3 is 0 Å². The van der Waals surface area contributed by atoms with Gasteiger partial charge in [-0.3, -0.25) is 19.8 Å². The zero-order valence-electron chi connectivity index (χ0n) is 17.1. The lowest BCUT2D eigenvalue weighted by atomic mass is 10.0. The fourth-order valence-corrected chi connectivity index (χ4v) is 3.45. The summed E-state index contributed by atoms with van der Waals surface area (Å²) < 4.78 is 16.1. The van der Waals surface area contributed by atoms with Crippen molar-refractivity contribution >= 4 is 40.9 Å². The molecule has 30 heavy (non-hydrogen) atoms. The summed E-state index contributed by atoms with van der Waals surface area (Å²) in [5.74, 6) is 0.0698. The third-order valence-corrected chi connectivity index (χ3v) is 5.02. The summed E-state index contributed by atoms with van der Waals surface area (Å²) in [4.78, 5) is 27.1. The second kappa shape index (κ2) is 8.96. The molecule has 0 aromatic heterocycles. The van der Waals surface area contributed by atoms with Gasteiger partial charge in [-0.25, -0.2) is 0 Å². The number of benzene rings is 2. The van der Waals surface area contributed by atoms with Crippen LogP contribution in [-0.4, -0.2) is 38.3 Å². The van der Waals surface area contributed by atoms with E-state index >= 15 is 0 Å². The highest BCUT2D eigenvalue weighted by atomic mass is 32.1. The predicted molar refractivity (Wildman–Crippen MR) is 118 cm³/mol. The number of ether oxygens (including phenoxy) is 3. The Labute approximate surface area is 180 Å². The van der Waals surface area contributed by atoms with Crippen LogP contribution >= 0.6 is 12.2 Å². The van der Waals surface area contributed by atoms with E-state index in [2.05, 4.69) is 5.32 Å². The van der Waals surface area contributed by atoms with E-state index in [0.29, 0.717) is 28.5 Å². The number of carbonyl (C=O) groups is 2. The number of anilines is 1. The average Bonchev–Trinajstić information content (AvgIpc) is 2.76. The number of hydrogen-bond donors (Lipinski definition) is 1. The molecular weight excluding hydrogens is 404 g/mol. The number of aryl methyl sites for hydroxylation is 1. The van der Waals surface area contributed by atoms with E-state index in [1.807, 2.05) is 19.1 Å². The van der Waals surface area contributed by atoms with Crippen molar-refractivity contribution in [3.63, 3.8) is 0 Å². The molecule has 3 rings (SSSR count). The number of hydrogen-bond acceptors (Lipinski definition) is 6. The number of thiocarbonyl (C=S) groups is 1. The molecule has 1 fully saturated rings. The lowest BCUT2D eigenvalue weighted by Crippen LogP contribution is -2.54. The molecule has 2 aromatic rings. The lowest BCUT2D eigenvalue weighted by molar-refractivity contribution is -0.122. The van der Waals surface area contributed by atoms with Gasteiger partial charge in [-0.1, -0.05) is 19.1 Å². The molecule has 2 amide bonds. The SMILES string of the molecule is CCc1ccc(N2C(=O)/C(=C/c3ccc(OC)c(OC)c3OC)C(=O)NC2=S)cc1. The lowest BCUT2D eigenvalue weighted by Gasteiger charge is -2.29. The zero-order valence-corrected chi connectivity index (χ0v) is 18.0. The minimum Gasteiger partial charge on any atom is -0.493 e. The predicted octanol–water partition coefficient (Wildman–Crippen LogP) is 3.11. The van der Waals surface area contributed by atoms with Crippen molar-refractivity contribution in [2.24, 2.45) is 0 Å². The fourth-order valence-electron chi connectivity index (χ4n) is 3.17. The molecule has 1 heterocycles. The van der Waals surface area contributed by atoms with Crippen molar-refractivity contribution in [2.75, 3.05) is 26.2 Å². The maximum atomic E-state index is 13.2. The minimum atomic E-state index is -0.580. The molecule has 0 bridgehead atoms. The zero-order chi connectivity index (χ0) is 21.8. The molecular formula is C22H22N2O5S. The molecule has 0 radical (unpaired) electrons. The van der Waals surface area contributed by atoms with E-state index in [9.17, 15) is 9.59 Å². The van der Waals surface area contributed by atoms with Crippen LogP contribution in [0.3, 0.4) is 0 Å². The Morgan fingerprint density at radius 2 is 1.63 bits per heavy atom. The first-order valence-electron chi connectivity index (χ1n) is 9.24. The number of methoxy groups -OCH3 is 3. The van der Waals surface area contributed by atoms with Gasteiger partial charge in [-0.2, -0.15) is 0 Å². The van der Waals surface area contributed by atoms with Crippen molar-refractivity contribution in [3.05, 3.63) is 53.1 Å². The second-order valence-corrected chi connectivity index (χ2v) is 6.79. The van der Waals surface area contributed by atoms with Crippen molar-refractivity contribution in [1.82, 2.24) is 5.32 Å². The summed E-state index contributed by atoms with van der Waals surface area (Å²) in [5, 5.41) is 2.61. The van der Waals surface area contributed by atoms with Crippen LogP contribution in [-0.2, 0) is 16.0 Å². The summed E-state index contributed by atoms with van der Waals surface area (Å²) in [6.07, 6.45) is 2.33. The van der Waals surface area contributed by atoms with Crippen LogP contribution < -0.4 is 24.4 Å². The van der Waals surface area contributed by atoms with Crippen LogP contribution in [0.25, 0.3) is 6.08 Å². The fraction of sp³-hybridized carbons (Fsp3) is 0.227. The van der Waals surface area contributed by atoms with Crippen molar-refractivity contribution < 1.29 is 23.8 Å². The molecule has 0 saturated carbocycles. The van der Waals surface area contributed by atoms with Gasteiger partial charge in [0.1, 0.15) is 5.57 Å². The van der Waals surface area contributed by atoms with E-state index in [1.54, 1.807) is 24.3 Å². The Morgan fingerprint density at radius 1 is 0.967 bits per heavy atom. The monoisotopic (exact) mass is 426 g/mol. The highest BCUT2D eigenvalue weighted by molar-refractivity contribution is 7.80. The van der Waals surface area contributed by atoms with E-state index in [1.165, 1.54) is 32.3 Å². The van der Waals surface area contributed by atoms with Crippen molar-refractivity contribution in [2.45, 2.75) is 13.3 Å². The van der Waals surface area contributed by atoms with Gasteiger partial charge in [0, 0.05) is 5.56 Å². The maximum Gasteiger partial charge on any atom is 0.270 e. The smallest absolute Gasteiger partial charge is 0.270 e. The van der Waals surface area contributed by atoms with E-state index < -0.39 is 11.8 Å². The standard InChI is InChI=1S/C22H22N2O5S/c1-5-13-6-9-15(10-7-13)24-21(26)16(20(25)23-22(24)30)12-14-8-11-17(27-2)19(29-4)18(14)28-3/h6-12H,5H2,1-4H3,(H,23,25,30)/b16-12+. The largest absolute Gasteiger partial charge is 0.493 e. The maximum absolute atomic E-state index is 13.2. The topological polar surface area (TPSA) is 77.1 Å². The average molecular weight is 426 g/mol. The van der Waals surface area contributed by atoms with Gasteiger partial charge in [0.25, 0.3) is 11.8 Å². The molecule has 0 spiro atoms. The van der Waals surface area contributed by atoms with Crippen molar-refractivity contribution in [3.8, 4) is 17.2 Å². The molecule has 1 saturated heterocycles. The van der Waals surface area contributed by atoms with Crippen molar-refractivity contribution in [1.29, 1.82) is 0 Å². The minimum absolute atomic E-state index is 0.0330. The molecule has 2 aromatic carbocycles. The number of carbonyl (C=O) groups excluding carboxylic acids is 2. The number of nitrogens with zero attached hydrogens (tertiary/aromatic N) is 1. The summed E-state index contributed by atoms with van der Waals surface area (Å²) in [7, 11) is 4.46. The third-order valence-electron chi connectivity index (χ3n) is 4.74. The molecule has 0 aliphatic carbocycles. The Balaban J connectivity index is 2.06. The first-order chi connectivity index (χ1) is 14.4. The molecule has 156 valence electrons. The Hall–Kier alpha value is -3.39. The van der Waals surface area contributed by atoms with Gasteiger partial charge in [-0.15, -0.1) is 0 Å². The Kier molecular flexibility index (Phi) is 6.37. The number of rotatable bonds is 6. The first kappa shape index (κ1) is 21.3. The van der Waals surface area contributed by atoms with Crippen LogP contribution in [0, 0.1) is 0 Å². The molecule has 7 nitrogen and oxygen atoms in total. The summed E-state index contributed by atoms with van der Waals surface area (Å²) in [6.45, 7) is 2.04. The summed E-state index contributed by atoms with van der Waals surface area (Å²) >= 11 is 5.25. The molecule has 8 heteroatoms. The van der Waals surface area contributed by atoms with Crippen LogP contribution in [0.4, 0.5) is 5.69 Å². The molecule has 1 aliphatic heterocycles. The molecule has 0 unspecified atom stereocenters. The van der Waals surface area contributed by atoms with Gasteiger partial charge in [0.05, 0.1) is 27.0 Å². The highest BCUT2D eigenvalue weighted by Crippen LogP contribution is 2.40. The third kappa shape index (κ3) is 3.86. The normalized spacial score (nSPS) is 15.3. The summed E-state index contributed by atoms with van der Waals surface area (Å²) in [5.41, 5.74) is 2.12. The Morgan fingerprint density at radius 3 is 2.20 bits per heavy atom. The number of nitrogens with one attached hydrogen (secondary N) is 1. The summed E-state index contributed by atoms with van der Waals surface area (Å²) in [6, 6.07) is 10.8. The molecule has 1 aliphatic rings. The first-order valence-corrected chi connectivity index (χ1v) is 9.65. The second-order valence-electron chi connectivity index (χ2n) is 6.40.